The Morgan fingerprint density at radius 2 is 2.16 bits per heavy atom. The average molecular weight is 265 g/mol. The maximum Gasteiger partial charge on any atom is 0.257 e. The van der Waals surface area contributed by atoms with Crippen LogP contribution in [0, 0.1) is 6.92 Å². The molecule has 4 heteroatoms. The molecule has 0 unspecified atom stereocenters. The molecule has 0 radical (unpaired) electrons. The third kappa shape index (κ3) is 5.30. The normalized spacial score (nSPS) is 10.6. The van der Waals surface area contributed by atoms with Crippen molar-refractivity contribution in [1.29, 1.82) is 0 Å². The van der Waals surface area contributed by atoms with Crippen LogP contribution in [0.3, 0.4) is 0 Å². The molecule has 0 atom stereocenters. The van der Waals surface area contributed by atoms with E-state index in [1.807, 2.05) is 25.1 Å². The van der Waals surface area contributed by atoms with E-state index in [2.05, 4.69) is 19.2 Å². The molecule has 4 nitrogen and oxygen atoms in total. The zero-order chi connectivity index (χ0) is 14.3. The van der Waals surface area contributed by atoms with E-state index in [9.17, 15) is 4.79 Å². The van der Waals surface area contributed by atoms with Gasteiger partial charge >= 0.3 is 0 Å². The molecule has 1 rings (SSSR count). The molecule has 1 aromatic rings. The SMILES string of the molecule is Cc1ccc(C(C)C)c(OCC(=O)NCCCO)c1. The van der Waals surface area contributed by atoms with Gasteiger partial charge in [0.2, 0.25) is 0 Å². The molecule has 0 heterocycles. The quantitative estimate of drug-likeness (QED) is 0.741. The molecule has 0 saturated heterocycles. The van der Waals surface area contributed by atoms with Gasteiger partial charge < -0.3 is 15.2 Å². The van der Waals surface area contributed by atoms with Crippen LogP contribution in [0.1, 0.15) is 37.3 Å². The molecule has 106 valence electrons. The van der Waals surface area contributed by atoms with E-state index >= 15 is 0 Å². The zero-order valence-corrected chi connectivity index (χ0v) is 11.9. The summed E-state index contributed by atoms with van der Waals surface area (Å²) in [6, 6.07) is 6.04. The van der Waals surface area contributed by atoms with E-state index < -0.39 is 0 Å². The first-order chi connectivity index (χ1) is 9.04. The van der Waals surface area contributed by atoms with Crippen LogP contribution in [0.5, 0.6) is 5.75 Å². The number of aryl methyl sites for hydroxylation is 1. The van der Waals surface area contributed by atoms with Gasteiger partial charge in [-0.05, 0) is 36.5 Å². The van der Waals surface area contributed by atoms with E-state index in [4.69, 9.17) is 9.84 Å². The molecule has 1 aromatic carbocycles. The van der Waals surface area contributed by atoms with Gasteiger partial charge in [0.15, 0.2) is 6.61 Å². The van der Waals surface area contributed by atoms with Crippen molar-refractivity contribution in [2.75, 3.05) is 19.8 Å². The number of aliphatic hydroxyl groups is 1. The maximum absolute atomic E-state index is 11.5. The summed E-state index contributed by atoms with van der Waals surface area (Å²) in [7, 11) is 0. The summed E-state index contributed by atoms with van der Waals surface area (Å²) in [5.41, 5.74) is 2.22. The predicted octanol–water partition coefficient (Wildman–Crippen LogP) is 2.00. The Hall–Kier alpha value is -1.55. The van der Waals surface area contributed by atoms with Crippen molar-refractivity contribution in [3.63, 3.8) is 0 Å². The summed E-state index contributed by atoms with van der Waals surface area (Å²) >= 11 is 0. The van der Waals surface area contributed by atoms with Crippen LogP contribution in [0.25, 0.3) is 0 Å². The second-order valence-corrected chi connectivity index (χ2v) is 4.91. The standard InChI is InChI=1S/C15H23NO3/c1-11(2)13-6-5-12(3)9-14(13)19-10-15(18)16-7-4-8-17/h5-6,9,11,17H,4,7-8,10H2,1-3H3,(H,16,18). The first kappa shape index (κ1) is 15.5. The second-order valence-electron chi connectivity index (χ2n) is 4.91. The van der Waals surface area contributed by atoms with Crippen molar-refractivity contribution in [2.24, 2.45) is 0 Å². The van der Waals surface area contributed by atoms with Crippen molar-refractivity contribution < 1.29 is 14.6 Å². The van der Waals surface area contributed by atoms with Crippen LogP contribution in [0.15, 0.2) is 18.2 Å². The summed E-state index contributed by atoms with van der Waals surface area (Å²) in [6.45, 7) is 6.75. The third-order valence-corrected chi connectivity index (χ3v) is 2.81. The number of carbonyl (C=O) groups is 1. The Labute approximate surface area is 114 Å². The number of hydrogen-bond donors (Lipinski definition) is 2. The van der Waals surface area contributed by atoms with Gasteiger partial charge in [0.05, 0.1) is 0 Å². The fourth-order valence-corrected chi connectivity index (χ4v) is 1.74. The second kappa shape index (κ2) is 7.79. The first-order valence-corrected chi connectivity index (χ1v) is 6.65. The van der Waals surface area contributed by atoms with Gasteiger partial charge in [-0.25, -0.2) is 0 Å². The minimum atomic E-state index is -0.162. The molecular weight excluding hydrogens is 242 g/mol. The maximum atomic E-state index is 11.5. The van der Waals surface area contributed by atoms with E-state index in [0.717, 1.165) is 16.9 Å². The molecule has 0 fully saturated rings. The summed E-state index contributed by atoms with van der Waals surface area (Å²) in [4.78, 5) is 11.5. The van der Waals surface area contributed by atoms with E-state index in [-0.39, 0.29) is 19.1 Å². The van der Waals surface area contributed by atoms with Crippen LogP contribution < -0.4 is 10.1 Å². The van der Waals surface area contributed by atoms with Gasteiger partial charge in [0, 0.05) is 13.2 Å². The fourth-order valence-electron chi connectivity index (χ4n) is 1.74. The van der Waals surface area contributed by atoms with Crippen molar-refractivity contribution in [3.8, 4) is 5.75 Å². The molecular formula is C15H23NO3. The minimum absolute atomic E-state index is 0.00853. The smallest absolute Gasteiger partial charge is 0.257 e. The Kier molecular flexibility index (Phi) is 6.36. The van der Waals surface area contributed by atoms with Gasteiger partial charge in [-0.2, -0.15) is 0 Å². The highest BCUT2D eigenvalue weighted by atomic mass is 16.5. The molecule has 1 amide bonds. The molecule has 0 aromatic heterocycles. The van der Waals surface area contributed by atoms with Crippen LogP contribution in [0.4, 0.5) is 0 Å². The fraction of sp³-hybridized carbons (Fsp3) is 0.533. The van der Waals surface area contributed by atoms with Crippen molar-refractivity contribution in [1.82, 2.24) is 5.32 Å². The highest BCUT2D eigenvalue weighted by Crippen LogP contribution is 2.27. The summed E-state index contributed by atoms with van der Waals surface area (Å²) in [5, 5.41) is 11.3. The molecule has 0 aliphatic rings. The Morgan fingerprint density at radius 1 is 1.42 bits per heavy atom. The molecule has 0 aliphatic heterocycles. The number of benzene rings is 1. The molecule has 0 spiro atoms. The van der Waals surface area contributed by atoms with Gasteiger partial charge in [-0.1, -0.05) is 26.0 Å². The number of ether oxygens (including phenoxy) is 1. The number of hydrogen-bond acceptors (Lipinski definition) is 3. The summed E-state index contributed by atoms with van der Waals surface area (Å²) < 4.78 is 5.60. The van der Waals surface area contributed by atoms with Crippen molar-refractivity contribution in [3.05, 3.63) is 29.3 Å². The predicted molar refractivity (Wildman–Crippen MR) is 75.5 cm³/mol. The summed E-state index contributed by atoms with van der Waals surface area (Å²) in [5.74, 6) is 0.963. The first-order valence-electron chi connectivity index (χ1n) is 6.65. The number of rotatable bonds is 7. The van der Waals surface area contributed by atoms with E-state index in [1.165, 1.54) is 0 Å². The third-order valence-electron chi connectivity index (χ3n) is 2.81. The number of amides is 1. The Bertz CT molecular complexity index is 416. The highest BCUT2D eigenvalue weighted by molar-refractivity contribution is 5.77. The number of nitrogens with one attached hydrogen (secondary N) is 1. The Morgan fingerprint density at radius 3 is 2.79 bits per heavy atom. The lowest BCUT2D eigenvalue weighted by molar-refractivity contribution is -0.123. The van der Waals surface area contributed by atoms with Gasteiger partial charge in [0.25, 0.3) is 5.91 Å². The lowest BCUT2D eigenvalue weighted by Gasteiger charge is -2.14. The highest BCUT2D eigenvalue weighted by Gasteiger charge is 2.09. The lowest BCUT2D eigenvalue weighted by atomic mass is 10.0. The minimum Gasteiger partial charge on any atom is -0.483 e. The van der Waals surface area contributed by atoms with Gasteiger partial charge in [-0.15, -0.1) is 0 Å². The average Bonchev–Trinajstić information content (AvgIpc) is 2.36. The lowest BCUT2D eigenvalue weighted by Crippen LogP contribution is -2.30. The van der Waals surface area contributed by atoms with Crippen LogP contribution in [-0.2, 0) is 4.79 Å². The van der Waals surface area contributed by atoms with E-state index in [0.29, 0.717) is 18.9 Å². The topological polar surface area (TPSA) is 58.6 Å². The molecule has 0 aliphatic carbocycles. The van der Waals surface area contributed by atoms with Gasteiger partial charge in [-0.3, -0.25) is 4.79 Å². The number of aliphatic hydroxyl groups excluding tert-OH is 1. The van der Waals surface area contributed by atoms with Crippen molar-refractivity contribution in [2.45, 2.75) is 33.1 Å². The zero-order valence-electron chi connectivity index (χ0n) is 11.9. The number of carbonyl (C=O) groups excluding carboxylic acids is 1. The molecule has 0 saturated carbocycles. The Balaban J connectivity index is 2.56. The van der Waals surface area contributed by atoms with Crippen LogP contribution in [-0.4, -0.2) is 30.8 Å². The molecule has 19 heavy (non-hydrogen) atoms. The van der Waals surface area contributed by atoms with Crippen LogP contribution in [0.2, 0.25) is 0 Å². The molecule has 2 N–H and O–H groups in total. The van der Waals surface area contributed by atoms with Crippen molar-refractivity contribution >= 4 is 5.91 Å². The molecule has 0 bridgehead atoms. The largest absolute Gasteiger partial charge is 0.483 e. The van der Waals surface area contributed by atoms with Gasteiger partial charge in [0.1, 0.15) is 5.75 Å². The summed E-state index contributed by atoms with van der Waals surface area (Å²) in [6.07, 6.45) is 0.563. The monoisotopic (exact) mass is 265 g/mol. The van der Waals surface area contributed by atoms with Crippen LogP contribution >= 0.6 is 0 Å². The van der Waals surface area contributed by atoms with E-state index in [1.54, 1.807) is 0 Å².